The van der Waals surface area contributed by atoms with Crippen molar-refractivity contribution in [3.8, 4) is 5.75 Å². The molecule has 0 radical (unpaired) electrons. The van der Waals surface area contributed by atoms with E-state index in [1.807, 2.05) is 67.8 Å². The summed E-state index contributed by atoms with van der Waals surface area (Å²) in [7, 11) is 0. The Morgan fingerprint density at radius 2 is 2.00 bits per heavy atom. The number of hydrogen-bond donors (Lipinski definition) is 1. The highest BCUT2D eigenvalue weighted by Crippen LogP contribution is 2.25. The summed E-state index contributed by atoms with van der Waals surface area (Å²) in [5.41, 5.74) is 3.74. The SMILES string of the molecule is CCCOc1ccccc1NC(=O)c1c(C)nc2ccc(C)cn12. The maximum atomic E-state index is 12.8. The molecule has 5 heteroatoms. The summed E-state index contributed by atoms with van der Waals surface area (Å²) in [6.07, 6.45) is 2.83. The predicted octanol–water partition coefficient (Wildman–Crippen LogP) is 3.99. The highest BCUT2D eigenvalue weighted by molar-refractivity contribution is 6.05. The lowest BCUT2D eigenvalue weighted by Crippen LogP contribution is -2.16. The molecule has 3 rings (SSSR count). The summed E-state index contributed by atoms with van der Waals surface area (Å²) in [6.45, 7) is 6.49. The topological polar surface area (TPSA) is 55.6 Å². The Bertz CT molecular complexity index is 883. The van der Waals surface area contributed by atoms with Crippen molar-refractivity contribution in [2.45, 2.75) is 27.2 Å². The third-order valence-corrected chi connectivity index (χ3v) is 3.75. The van der Waals surface area contributed by atoms with Gasteiger partial charge in [0, 0.05) is 6.20 Å². The van der Waals surface area contributed by atoms with Crippen molar-refractivity contribution in [3.63, 3.8) is 0 Å². The molecule has 0 aliphatic rings. The zero-order valence-electron chi connectivity index (χ0n) is 14.2. The molecule has 0 fully saturated rings. The van der Waals surface area contributed by atoms with E-state index in [4.69, 9.17) is 4.74 Å². The Kier molecular flexibility index (Phi) is 4.51. The van der Waals surface area contributed by atoms with Gasteiger partial charge in [-0.3, -0.25) is 9.20 Å². The molecule has 3 aromatic rings. The first-order valence-electron chi connectivity index (χ1n) is 8.08. The van der Waals surface area contributed by atoms with Gasteiger partial charge in [-0.25, -0.2) is 4.98 Å². The number of hydrogen-bond acceptors (Lipinski definition) is 3. The van der Waals surface area contributed by atoms with Gasteiger partial charge in [-0.2, -0.15) is 0 Å². The van der Waals surface area contributed by atoms with Crippen molar-refractivity contribution in [1.82, 2.24) is 9.38 Å². The molecule has 0 aliphatic carbocycles. The number of amides is 1. The molecule has 1 N–H and O–H groups in total. The van der Waals surface area contributed by atoms with Gasteiger partial charge in [-0.1, -0.05) is 25.1 Å². The lowest BCUT2D eigenvalue weighted by atomic mass is 10.2. The van der Waals surface area contributed by atoms with Gasteiger partial charge < -0.3 is 10.1 Å². The standard InChI is InChI=1S/C19H21N3O2/c1-4-11-24-16-8-6-5-7-15(16)21-19(23)18-14(3)20-17-10-9-13(2)12-22(17)18/h5-10,12H,4,11H2,1-3H3,(H,21,23). The minimum absolute atomic E-state index is 0.196. The molecule has 0 saturated carbocycles. The number of aryl methyl sites for hydroxylation is 2. The molecule has 124 valence electrons. The van der Waals surface area contributed by atoms with E-state index >= 15 is 0 Å². The average molecular weight is 323 g/mol. The monoisotopic (exact) mass is 323 g/mol. The Morgan fingerprint density at radius 3 is 2.79 bits per heavy atom. The number of carbonyl (C=O) groups excluding carboxylic acids is 1. The van der Waals surface area contributed by atoms with Gasteiger partial charge in [-0.15, -0.1) is 0 Å². The predicted molar refractivity (Wildman–Crippen MR) is 94.8 cm³/mol. The number of pyridine rings is 1. The van der Waals surface area contributed by atoms with Gasteiger partial charge in [-0.05, 0) is 44.0 Å². The summed E-state index contributed by atoms with van der Waals surface area (Å²) in [5, 5.41) is 2.95. The Labute approximate surface area is 141 Å². The number of para-hydroxylation sites is 2. The smallest absolute Gasteiger partial charge is 0.274 e. The van der Waals surface area contributed by atoms with Crippen molar-refractivity contribution in [2.75, 3.05) is 11.9 Å². The zero-order chi connectivity index (χ0) is 17.1. The number of nitrogens with zero attached hydrogens (tertiary/aromatic N) is 2. The Morgan fingerprint density at radius 1 is 1.21 bits per heavy atom. The van der Waals surface area contributed by atoms with E-state index in [1.165, 1.54) is 0 Å². The summed E-state index contributed by atoms with van der Waals surface area (Å²) < 4.78 is 7.53. The van der Waals surface area contributed by atoms with Crippen LogP contribution in [-0.2, 0) is 0 Å². The molecule has 0 bridgehead atoms. The number of benzene rings is 1. The quantitative estimate of drug-likeness (QED) is 0.772. The zero-order valence-corrected chi connectivity index (χ0v) is 14.2. The number of imidazole rings is 1. The highest BCUT2D eigenvalue weighted by atomic mass is 16.5. The van der Waals surface area contributed by atoms with Crippen LogP contribution < -0.4 is 10.1 Å². The highest BCUT2D eigenvalue weighted by Gasteiger charge is 2.18. The third-order valence-electron chi connectivity index (χ3n) is 3.75. The molecule has 5 nitrogen and oxygen atoms in total. The molecule has 0 atom stereocenters. The van der Waals surface area contributed by atoms with Crippen LogP contribution >= 0.6 is 0 Å². The van der Waals surface area contributed by atoms with Crippen molar-refractivity contribution < 1.29 is 9.53 Å². The van der Waals surface area contributed by atoms with Gasteiger partial charge in [0.05, 0.1) is 18.0 Å². The van der Waals surface area contributed by atoms with E-state index in [9.17, 15) is 4.79 Å². The Hall–Kier alpha value is -2.82. The number of nitrogens with one attached hydrogen (secondary N) is 1. The van der Waals surface area contributed by atoms with Crippen LogP contribution in [0, 0.1) is 13.8 Å². The largest absolute Gasteiger partial charge is 0.491 e. The normalized spacial score (nSPS) is 10.8. The van der Waals surface area contributed by atoms with Gasteiger partial charge >= 0.3 is 0 Å². The van der Waals surface area contributed by atoms with Crippen molar-refractivity contribution in [3.05, 3.63) is 59.5 Å². The molecule has 0 spiro atoms. The van der Waals surface area contributed by atoms with E-state index < -0.39 is 0 Å². The number of ether oxygens (including phenoxy) is 1. The van der Waals surface area contributed by atoms with Crippen molar-refractivity contribution in [1.29, 1.82) is 0 Å². The van der Waals surface area contributed by atoms with E-state index in [0.29, 0.717) is 29.4 Å². The van der Waals surface area contributed by atoms with Crippen LogP contribution in [0.3, 0.4) is 0 Å². The fourth-order valence-electron chi connectivity index (χ4n) is 2.63. The summed E-state index contributed by atoms with van der Waals surface area (Å²) in [5.74, 6) is 0.480. The fourth-order valence-corrected chi connectivity index (χ4v) is 2.63. The van der Waals surface area contributed by atoms with Crippen LogP contribution in [0.1, 0.15) is 35.1 Å². The van der Waals surface area contributed by atoms with Gasteiger partial charge in [0.25, 0.3) is 5.91 Å². The number of fused-ring (bicyclic) bond motifs is 1. The molecular weight excluding hydrogens is 302 g/mol. The molecule has 1 aromatic carbocycles. The first kappa shape index (κ1) is 16.1. The minimum Gasteiger partial charge on any atom is -0.491 e. The molecule has 2 aromatic heterocycles. The maximum Gasteiger partial charge on any atom is 0.274 e. The van der Waals surface area contributed by atoms with E-state index in [2.05, 4.69) is 10.3 Å². The van der Waals surface area contributed by atoms with Gasteiger partial charge in [0.15, 0.2) is 0 Å². The average Bonchev–Trinajstić information content (AvgIpc) is 2.89. The molecular formula is C19H21N3O2. The van der Waals surface area contributed by atoms with Crippen molar-refractivity contribution in [2.24, 2.45) is 0 Å². The van der Waals surface area contributed by atoms with E-state index in [-0.39, 0.29) is 5.91 Å². The lowest BCUT2D eigenvalue weighted by molar-refractivity contribution is 0.102. The van der Waals surface area contributed by atoms with Gasteiger partial charge in [0.1, 0.15) is 17.1 Å². The van der Waals surface area contributed by atoms with Crippen LogP contribution in [0.2, 0.25) is 0 Å². The van der Waals surface area contributed by atoms with Crippen LogP contribution in [0.15, 0.2) is 42.6 Å². The minimum atomic E-state index is -0.196. The molecule has 1 amide bonds. The maximum absolute atomic E-state index is 12.8. The molecule has 24 heavy (non-hydrogen) atoms. The van der Waals surface area contributed by atoms with Crippen LogP contribution in [0.5, 0.6) is 5.75 Å². The van der Waals surface area contributed by atoms with Crippen molar-refractivity contribution >= 4 is 17.2 Å². The number of carbonyl (C=O) groups is 1. The molecule has 0 unspecified atom stereocenters. The fraction of sp³-hybridized carbons (Fsp3) is 0.263. The summed E-state index contributed by atoms with van der Waals surface area (Å²) in [6, 6.07) is 11.4. The van der Waals surface area contributed by atoms with Crippen LogP contribution in [0.4, 0.5) is 5.69 Å². The van der Waals surface area contributed by atoms with Gasteiger partial charge in [0.2, 0.25) is 0 Å². The molecule has 2 heterocycles. The number of aromatic nitrogens is 2. The van der Waals surface area contributed by atoms with E-state index in [0.717, 1.165) is 17.6 Å². The molecule has 0 saturated heterocycles. The third kappa shape index (κ3) is 3.11. The lowest BCUT2D eigenvalue weighted by Gasteiger charge is -2.12. The van der Waals surface area contributed by atoms with Crippen LogP contribution in [-0.4, -0.2) is 21.9 Å². The Balaban J connectivity index is 1.94. The summed E-state index contributed by atoms with van der Waals surface area (Å²) in [4.78, 5) is 17.3. The first-order chi connectivity index (χ1) is 11.6. The summed E-state index contributed by atoms with van der Waals surface area (Å²) >= 11 is 0. The number of rotatable bonds is 5. The molecule has 0 aliphatic heterocycles. The second kappa shape index (κ2) is 6.74. The van der Waals surface area contributed by atoms with E-state index in [1.54, 1.807) is 0 Å². The second-order valence-corrected chi connectivity index (χ2v) is 5.78. The van der Waals surface area contributed by atoms with Crippen LogP contribution in [0.25, 0.3) is 5.65 Å². The number of anilines is 1. The first-order valence-corrected chi connectivity index (χ1v) is 8.08. The second-order valence-electron chi connectivity index (χ2n) is 5.78.